The van der Waals surface area contributed by atoms with Crippen LogP contribution in [0.3, 0.4) is 0 Å². The van der Waals surface area contributed by atoms with Crippen LogP contribution in [0.5, 0.6) is 5.75 Å². The van der Waals surface area contributed by atoms with Crippen molar-refractivity contribution in [2.45, 2.75) is 6.92 Å². The van der Waals surface area contributed by atoms with Gasteiger partial charge in [0.2, 0.25) is 11.8 Å². The minimum Gasteiger partial charge on any atom is -0.497 e. The van der Waals surface area contributed by atoms with Gasteiger partial charge in [-0.3, -0.25) is 9.59 Å². The number of hydrogen-bond acceptors (Lipinski definition) is 4. The van der Waals surface area contributed by atoms with E-state index in [-0.39, 0.29) is 18.4 Å². The fraction of sp³-hybridized carbons (Fsp3) is 0.222. The van der Waals surface area contributed by atoms with Gasteiger partial charge in [-0.2, -0.15) is 0 Å². The zero-order valence-electron chi connectivity index (χ0n) is 13.9. The number of methoxy groups -OCH3 is 1. The highest BCUT2D eigenvalue weighted by atomic mass is 16.5. The van der Waals surface area contributed by atoms with Crippen molar-refractivity contribution in [3.8, 4) is 5.75 Å². The lowest BCUT2D eigenvalue weighted by molar-refractivity contribution is -0.129. The first-order valence-electron chi connectivity index (χ1n) is 7.41. The Hall–Kier alpha value is -3.02. The van der Waals surface area contributed by atoms with E-state index in [1.807, 2.05) is 13.0 Å². The van der Waals surface area contributed by atoms with Gasteiger partial charge in [-0.15, -0.1) is 0 Å². The maximum absolute atomic E-state index is 12.0. The second-order valence-corrected chi connectivity index (χ2v) is 5.26. The number of benzene rings is 1. The van der Waals surface area contributed by atoms with Gasteiger partial charge in [-0.05, 0) is 37.3 Å². The minimum atomic E-state index is -0.290. The Labute approximate surface area is 140 Å². The SMILES string of the molecule is COc1cccc(NC(=O)CN(C)C(=O)/C=C/c2ccc(C)o2)c1. The predicted octanol–water partition coefficient (Wildman–Crippen LogP) is 2.71. The maximum Gasteiger partial charge on any atom is 0.246 e. The number of furan rings is 1. The first kappa shape index (κ1) is 17.3. The van der Waals surface area contributed by atoms with E-state index in [1.54, 1.807) is 50.6 Å². The molecule has 1 aromatic carbocycles. The lowest BCUT2D eigenvalue weighted by Crippen LogP contribution is -2.33. The highest BCUT2D eigenvalue weighted by molar-refractivity contribution is 5.97. The third kappa shape index (κ3) is 5.01. The van der Waals surface area contributed by atoms with Crippen molar-refractivity contribution in [2.24, 2.45) is 0 Å². The summed E-state index contributed by atoms with van der Waals surface area (Å²) in [6, 6.07) is 10.6. The van der Waals surface area contributed by atoms with Crippen LogP contribution in [-0.4, -0.2) is 37.4 Å². The molecular formula is C18H20N2O4. The van der Waals surface area contributed by atoms with E-state index in [0.717, 1.165) is 5.76 Å². The molecule has 0 spiro atoms. The molecule has 0 bridgehead atoms. The van der Waals surface area contributed by atoms with E-state index in [9.17, 15) is 9.59 Å². The number of carbonyl (C=O) groups excluding carboxylic acids is 2. The van der Waals surface area contributed by atoms with Gasteiger partial charge in [0.05, 0.1) is 13.7 Å². The normalized spacial score (nSPS) is 10.6. The van der Waals surface area contributed by atoms with Crippen LogP contribution in [0.1, 0.15) is 11.5 Å². The van der Waals surface area contributed by atoms with Crippen molar-refractivity contribution < 1.29 is 18.7 Å². The van der Waals surface area contributed by atoms with Crippen LogP contribution in [0, 0.1) is 6.92 Å². The summed E-state index contributed by atoms with van der Waals surface area (Å²) in [5.41, 5.74) is 0.613. The first-order valence-corrected chi connectivity index (χ1v) is 7.41. The summed E-state index contributed by atoms with van der Waals surface area (Å²) < 4.78 is 10.4. The third-order valence-electron chi connectivity index (χ3n) is 3.26. The molecule has 0 aliphatic heterocycles. The number of nitrogens with zero attached hydrogens (tertiary/aromatic N) is 1. The Morgan fingerprint density at radius 2 is 2.08 bits per heavy atom. The highest BCUT2D eigenvalue weighted by Gasteiger charge is 2.11. The molecule has 0 unspecified atom stereocenters. The molecule has 2 aromatic rings. The summed E-state index contributed by atoms with van der Waals surface area (Å²) in [5.74, 6) is 1.43. The molecule has 0 aliphatic rings. The van der Waals surface area contributed by atoms with E-state index in [2.05, 4.69) is 5.32 Å². The summed E-state index contributed by atoms with van der Waals surface area (Å²) in [6.45, 7) is 1.77. The molecule has 126 valence electrons. The van der Waals surface area contributed by atoms with Crippen molar-refractivity contribution in [1.82, 2.24) is 4.90 Å². The number of nitrogens with one attached hydrogen (secondary N) is 1. The fourth-order valence-corrected chi connectivity index (χ4v) is 2.02. The molecule has 0 aliphatic carbocycles. The molecule has 0 saturated heterocycles. The van der Waals surface area contributed by atoms with Crippen molar-refractivity contribution in [1.29, 1.82) is 0 Å². The molecule has 2 rings (SSSR count). The van der Waals surface area contributed by atoms with E-state index < -0.39 is 0 Å². The Balaban J connectivity index is 1.88. The van der Waals surface area contributed by atoms with Gasteiger partial charge in [0.15, 0.2) is 0 Å². The summed E-state index contributed by atoms with van der Waals surface area (Å²) in [7, 11) is 3.12. The summed E-state index contributed by atoms with van der Waals surface area (Å²) in [4.78, 5) is 25.3. The number of likely N-dealkylation sites (N-methyl/N-ethyl adjacent to an activating group) is 1. The van der Waals surface area contributed by atoms with Crippen molar-refractivity contribution in [3.05, 3.63) is 54.0 Å². The predicted molar refractivity (Wildman–Crippen MR) is 91.7 cm³/mol. The molecule has 0 fully saturated rings. The number of rotatable bonds is 6. The second kappa shape index (κ2) is 8.01. The molecule has 6 heteroatoms. The molecule has 1 aromatic heterocycles. The Kier molecular flexibility index (Phi) is 5.78. The number of carbonyl (C=O) groups is 2. The quantitative estimate of drug-likeness (QED) is 0.828. The number of aryl methyl sites for hydroxylation is 1. The van der Waals surface area contributed by atoms with Crippen LogP contribution >= 0.6 is 0 Å². The topological polar surface area (TPSA) is 71.8 Å². The van der Waals surface area contributed by atoms with Crippen LogP contribution in [0.2, 0.25) is 0 Å². The molecule has 0 saturated carbocycles. The van der Waals surface area contributed by atoms with Crippen LogP contribution < -0.4 is 10.1 Å². The van der Waals surface area contributed by atoms with Gasteiger partial charge in [0, 0.05) is 24.9 Å². The second-order valence-electron chi connectivity index (χ2n) is 5.26. The van der Waals surface area contributed by atoms with Crippen molar-refractivity contribution in [3.63, 3.8) is 0 Å². The Morgan fingerprint density at radius 1 is 1.29 bits per heavy atom. The van der Waals surface area contributed by atoms with Crippen molar-refractivity contribution >= 4 is 23.6 Å². The van der Waals surface area contributed by atoms with Gasteiger partial charge in [0.1, 0.15) is 17.3 Å². The van der Waals surface area contributed by atoms with Gasteiger partial charge in [0.25, 0.3) is 0 Å². The van der Waals surface area contributed by atoms with E-state index in [4.69, 9.17) is 9.15 Å². The maximum atomic E-state index is 12.0. The number of ether oxygens (including phenoxy) is 1. The van der Waals surface area contributed by atoms with Gasteiger partial charge in [-0.25, -0.2) is 0 Å². The number of hydrogen-bond donors (Lipinski definition) is 1. The molecule has 1 N–H and O–H groups in total. The molecule has 0 radical (unpaired) electrons. The fourth-order valence-electron chi connectivity index (χ4n) is 2.02. The molecule has 0 atom stereocenters. The zero-order valence-corrected chi connectivity index (χ0v) is 13.9. The number of amides is 2. The van der Waals surface area contributed by atoms with Gasteiger partial charge < -0.3 is 19.4 Å². The van der Waals surface area contributed by atoms with Gasteiger partial charge >= 0.3 is 0 Å². The average Bonchev–Trinajstić information content (AvgIpc) is 2.98. The third-order valence-corrected chi connectivity index (χ3v) is 3.26. The summed E-state index contributed by atoms with van der Waals surface area (Å²) >= 11 is 0. The van der Waals surface area contributed by atoms with E-state index in [1.165, 1.54) is 11.0 Å². The molecule has 24 heavy (non-hydrogen) atoms. The van der Waals surface area contributed by atoms with Crippen molar-refractivity contribution in [2.75, 3.05) is 26.0 Å². The van der Waals surface area contributed by atoms with Crippen LogP contribution in [0.4, 0.5) is 5.69 Å². The van der Waals surface area contributed by atoms with Crippen LogP contribution in [-0.2, 0) is 9.59 Å². The Morgan fingerprint density at radius 3 is 2.75 bits per heavy atom. The summed E-state index contributed by atoms with van der Waals surface area (Å²) in [6.07, 6.45) is 2.95. The number of anilines is 1. The largest absolute Gasteiger partial charge is 0.497 e. The smallest absolute Gasteiger partial charge is 0.246 e. The first-order chi connectivity index (χ1) is 11.5. The lowest BCUT2D eigenvalue weighted by Gasteiger charge is -2.15. The average molecular weight is 328 g/mol. The minimum absolute atomic E-state index is 0.0580. The lowest BCUT2D eigenvalue weighted by atomic mass is 10.3. The van der Waals surface area contributed by atoms with E-state index in [0.29, 0.717) is 17.2 Å². The summed E-state index contributed by atoms with van der Waals surface area (Å²) in [5, 5.41) is 2.72. The standard InChI is InChI=1S/C18H20N2O4/c1-13-7-8-15(24-13)9-10-18(22)20(2)12-17(21)19-14-5-4-6-16(11-14)23-3/h4-11H,12H2,1-3H3,(H,19,21)/b10-9+. The molecule has 6 nitrogen and oxygen atoms in total. The molecule has 1 heterocycles. The van der Waals surface area contributed by atoms with E-state index >= 15 is 0 Å². The van der Waals surface area contributed by atoms with Crippen LogP contribution in [0.25, 0.3) is 6.08 Å². The zero-order chi connectivity index (χ0) is 17.5. The molecular weight excluding hydrogens is 308 g/mol. The monoisotopic (exact) mass is 328 g/mol. The van der Waals surface area contributed by atoms with Crippen LogP contribution in [0.15, 0.2) is 46.9 Å². The highest BCUT2D eigenvalue weighted by Crippen LogP contribution is 2.16. The Bertz CT molecular complexity index is 749. The van der Waals surface area contributed by atoms with Gasteiger partial charge in [-0.1, -0.05) is 6.07 Å². The molecule has 2 amide bonds.